The smallest absolute Gasteiger partial charge is 0.462 e. The van der Waals surface area contributed by atoms with Crippen LogP contribution in [0.15, 0.2) is 97.2 Å². The van der Waals surface area contributed by atoms with Crippen LogP contribution in [0.5, 0.6) is 0 Å². The minimum absolute atomic E-state index is 0.000574. The zero-order chi connectivity index (χ0) is 50.0. The van der Waals surface area contributed by atoms with E-state index in [9.17, 15) is 53.8 Å². The molecule has 2 rings (SSSR count). The van der Waals surface area contributed by atoms with Gasteiger partial charge in [0.1, 0.15) is 43.2 Å². The molecule has 0 aromatic carbocycles. The van der Waals surface area contributed by atoms with Gasteiger partial charge in [0.2, 0.25) is 0 Å². The Labute approximate surface area is 402 Å². The molecule has 7 N–H and O–H groups in total. The van der Waals surface area contributed by atoms with Gasteiger partial charge in [0.25, 0.3) is 0 Å². The van der Waals surface area contributed by atoms with E-state index in [1.165, 1.54) is 0 Å². The van der Waals surface area contributed by atoms with Gasteiger partial charge in [0.05, 0.1) is 18.8 Å². The predicted octanol–water partition coefficient (Wildman–Crippen LogP) is 8.16. The fourth-order valence-electron chi connectivity index (χ4n) is 6.81. The third-order valence-corrected chi connectivity index (χ3v) is 12.1. The van der Waals surface area contributed by atoms with Gasteiger partial charge in [0.15, 0.2) is 6.10 Å². The average molecular weight is 1000 g/mol. The number of rotatable bonds is 37. The van der Waals surface area contributed by atoms with Crippen LogP contribution in [0.4, 0.5) is 0 Å². The largest absolute Gasteiger partial charge is 0.472 e. The van der Waals surface area contributed by atoms with Crippen molar-refractivity contribution in [3.63, 3.8) is 0 Å². The van der Waals surface area contributed by atoms with Crippen LogP contribution in [0.25, 0.3) is 0 Å². The molecule has 0 amide bonds. The Morgan fingerprint density at radius 2 is 1.00 bits per heavy atom. The highest BCUT2D eigenvalue weighted by Crippen LogP contribution is 2.49. The molecular weight excluding hydrogens is 922 g/mol. The number of allylic oxidation sites excluding steroid dienone is 14. The second-order valence-electron chi connectivity index (χ2n) is 16.4. The summed E-state index contributed by atoms with van der Waals surface area (Å²) in [6, 6.07) is 0. The summed E-state index contributed by atoms with van der Waals surface area (Å²) in [5.74, 6) is -1.34. The quantitative estimate of drug-likeness (QED) is 0.0102. The number of carbonyl (C=O) groups excluding carboxylic acids is 2. The number of phosphoric ester groups is 2. The summed E-state index contributed by atoms with van der Waals surface area (Å²) < 4.78 is 55.0. The summed E-state index contributed by atoms with van der Waals surface area (Å²) in [5.41, 5.74) is 0. The summed E-state index contributed by atoms with van der Waals surface area (Å²) in [6.07, 6.45) is 32.7. The van der Waals surface area contributed by atoms with E-state index in [4.69, 9.17) is 23.3 Å². The first-order chi connectivity index (χ1) is 32.6. The van der Waals surface area contributed by atoms with Crippen molar-refractivity contribution >= 4 is 27.6 Å². The molecule has 1 saturated heterocycles. The van der Waals surface area contributed by atoms with Crippen molar-refractivity contribution in [2.75, 3.05) is 13.2 Å². The average Bonchev–Trinajstić information content (AvgIpc) is 4.05. The monoisotopic (exact) mass is 1000 g/mol. The SMILES string of the molecule is CC/C=C\C/C=C\C/C=C\CCCCCCCC(=O)O[C@H](COC(=O)CC/C=C\C/C=C\C/C=C\C/C=C\CC1OC1C/C=C\CC)COP(=O)(O)O[C@H]1C(O)C(O)C(O)[C@@H](OP(=O)(O)O)C1O. The van der Waals surface area contributed by atoms with Gasteiger partial charge in [-0.15, -0.1) is 0 Å². The molecule has 0 aromatic rings. The number of epoxide rings is 1. The lowest BCUT2D eigenvalue weighted by atomic mass is 9.85. The molecule has 2 fully saturated rings. The van der Waals surface area contributed by atoms with Crippen molar-refractivity contribution in [3.8, 4) is 0 Å². The van der Waals surface area contributed by atoms with Crippen LogP contribution >= 0.6 is 15.6 Å². The van der Waals surface area contributed by atoms with Gasteiger partial charge in [-0.1, -0.05) is 130 Å². The van der Waals surface area contributed by atoms with E-state index in [-0.39, 0.29) is 12.8 Å². The summed E-state index contributed by atoms with van der Waals surface area (Å²) in [4.78, 5) is 54.3. The highest BCUT2D eigenvalue weighted by Gasteiger charge is 2.54. The first kappa shape index (κ1) is 61.0. The lowest BCUT2D eigenvalue weighted by Gasteiger charge is -2.43. The van der Waals surface area contributed by atoms with Crippen molar-refractivity contribution in [1.29, 1.82) is 0 Å². The Kier molecular flexibility index (Phi) is 32.2. The Morgan fingerprint density at radius 3 is 1.57 bits per heavy atom. The number of hydrogen-bond acceptors (Lipinski definition) is 14. The Balaban J connectivity index is 1.82. The van der Waals surface area contributed by atoms with Crippen molar-refractivity contribution in [2.24, 2.45) is 0 Å². The zero-order valence-electron chi connectivity index (χ0n) is 39.7. The molecule has 0 aromatic heterocycles. The highest BCUT2D eigenvalue weighted by molar-refractivity contribution is 7.47. The third kappa shape index (κ3) is 29.2. The number of esters is 2. The minimum Gasteiger partial charge on any atom is -0.462 e. The van der Waals surface area contributed by atoms with Crippen molar-refractivity contribution < 1.29 is 81.6 Å². The van der Waals surface area contributed by atoms with Crippen LogP contribution in [0, 0.1) is 0 Å². The molecule has 0 spiro atoms. The van der Waals surface area contributed by atoms with Crippen molar-refractivity contribution in [3.05, 3.63) is 97.2 Å². The third-order valence-electron chi connectivity index (χ3n) is 10.6. The fraction of sp³-hybridized carbons (Fsp3) is 0.633. The van der Waals surface area contributed by atoms with E-state index in [1.54, 1.807) is 0 Å². The summed E-state index contributed by atoms with van der Waals surface area (Å²) in [5, 5.41) is 41.2. The van der Waals surface area contributed by atoms with E-state index >= 15 is 0 Å². The molecular formula is C49H78O17P2. The lowest BCUT2D eigenvalue weighted by Crippen LogP contribution is -2.64. The molecule has 386 valence electrons. The molecule has 0 bridgehead atoms. The number of carbonyl (C=O) groups is 2. The maximum absolute atomic E-state index is 13.0. The Bertz CT molecular complexity index is 1750. The maximum atomic E-state index is 13.0. The van der Waals surface area contributed by atoms with Gasteiger partial charge >= 0.3 is 27.6 Å². The molecule has 68 heavy (non-hydrogen) atoms. The van der Waals surface area contributed by atoms with Crippen LogP contribution < -0.4 is 0 Å². The second kappa shape index (κ2) is 35.9. The molecule has 1 aliphatic heterocycles. The Morgan fingerprint density at radius 1 is 0.529 bits per heavy atom. The summed E-state index contributed by atoms with van der Waals surface area (Å²) >= 11 is 0. The number of aliphatic hydroxyl groups excluding tert-OH is 4. The molecule has 7 unspecified atom stereocenters. The molecule has 10 atom stereocenters. The van der Waals surface area contributed by atoms with E-state index in [0.29, 0.717) is 31.5 Å². The van der Waals surface area contributed by atoms with Crippen molar-refractivity contribution in [2.45, 2.75) is 184 Å². The van der Waals surface area contributed by atoms with Gasteiger partial charge in [-0.25, -0.2) is 9.13 Å². The van der Waals surface area contributed by atoms with E-state index in [2.05, 4.69) is 91.3 Å². The molecule has 17 nitrogen and oxygen atoms in total. The normalized spacial score (nSPS) is 25.1. The molecule has 1 heterocycles. The standard InChI is InChI=1S/C49H78O17P2/c1-3-5-7-8-9-10-11-12-13-14-19-22-25-28-32-36-43(51)63-39(38-62-68(59,60)66-49-46(54)44(52)45(53)48(47(49)55)65-67(56,57)58)37-61-42(50)35-31-27-24-21-18-16-15-17-20-23-26-30-34-41-40(64-41)33-29-6-4-2/h5-7,9-10,12-13,16-18,20,24,26-27,29-30,39-41,44-49,52-55H,3-4,8,11,14-15,19,21-23,25,28,31-38H2,1-2H3,(H,59,60)(H2,56,57,58)/b7-5-,10-9-,13-12-,18-16-,20-17-,27-24-,29-6-,30-26-/t39-,40?,41?,44?,45?,46?,47?,48-,49+/m1/s1. The first-order valence-electron chi connectivity index (χ1n) is 23.9. The van der Waals surface area contributed by atoms with Gasteiger partial charge in [-0.2, -0.15) is 0 Å². The van der Waals surface area contributed by atoms with Crippen LogP contribution in [0.2, 0.25) is 0 Å². The fourth-order valence-corrected chi connectivity index (χ4v) is 8.35. The van der Waals surface area contributed by atoms with E-state index < -0.39 is 83.5 Å². The molecule has 2 aliphatic rings. The molecule has 19 heteroatoms. The van der Waals surface area contributed by atoms with Gasteiger partial charge in [-0.05, 0) is 83.5 Å². The second-order valence-corrected chi connectivity index (χ2v) is 19.0. The van der Waals surface area contributed by atoms with Crippen LogP contribution in [0.1, 0.15) is 129 Å². The molecule has 0 radical (unpaired) electrons. The number of aliphatic hydroxyl groups is 4. The topological polar surface area (TPSA) is 269 Å². The first-order valence-corrected chi connectivity index (χ1v) is 26.9. The van der Waals surface area contributed by atoms with E-state index in [0.717, 1.165) is 83.5 Å². The van der Waals surface area contributed by atoms with Gasteiger partial charge in [0, 0.05) is 12.8 Å². The molecule has 1 saturated carbocycles. The van der Waals surface area contributed by atoms with Gasteiger partial charge in [-0.3, -0.25) is 23.2 Å². The molecule has 1 aliphatic carbocycles. The number of ether oxygens (including phenoxy) is 3. The van der Waals surface area contributed by atoms with Crippen LogP contribution in [-0.2, 0) is 46.5 Å². The minimum atomic E-state index is -5.38. The summed E-state index contributed by atoms with van der Waals surface area (Å²) in [6.45, 7) is 2.78. The number of phosphoric acid groups is 2. The lowest BCUT2D eigenvalue weighted by molar-refractivity contribution is -0.216. The van der Waals surface area contributed by atoms with Crippen LogP contribution in [0.3, 0.4) is 0 Å². The van der Waals surface area contributed by atoms with Gasteiger partial charge < -0.3 is 49.3 Å². The Hall–Kier alpha value is -3.12. The highest BCUT2D eigenvalue weighted by atomic mass is 31.2. The van der Waals surface area contributed by atoms with Crippen LogP contribution in [-0.4, -0.2) is 115 Å². The number of hydrogen-bond donors (Lipinski definition) is 7. The predicted molar refractivity (Wildman–Crippen MR) is 259 cm³/mol. The zero-order valence-corrected chi connectivity index (χ0v) is 41.5. The number of unbranched alkanes of at least 4 members (excludes halogenated alkanes) is 5. The maximum Gasteiger partial charge on any atom is 0.472 e. The summed E-state index contributed by atoms with van der Waals surface area (Å²) in [7, 11) is -10.7. The van der Waals surface area contributed by atoms with E-state index in [1.807, 2.05) is 24.3 Å². The van der Waals surface area contributed by atoms with Crippen molar-refractivity contribution in [1.82, 2.24) is 0 Å².